The van der Waals surface area contributed by atoms with Gasteiger partial charge in [-0.2, -0.15) is 0 Å². The van der Waals surface area contributed by atoms with Crippen LogP contribution in [0.1, 0.15) is 52.4 Å². The zero-order valence-electron chi connectivity index (χ0n) is 8.60. The number of hydrogen-bond donors (Lipinski definition) is 1. The molecule has 0 aromatic carbocycles. The van der Waals surface area contributed by atoms with E-state index in [-0.39, 0.29) is 0 Å². The summed E-state index contributed by atoms with van der Waals surface area (Å²) in [4.78, 5) is 0. The fourth-order valence-corrected chi connectivity index (χ4v) is 2.32. The van der Waals surface area contributed by atoms with Crippen LogP contribution in [0.4, 0.5) is 0 Å². The normalized spacial score (nSPS) is 25.8. The Bertz CT molecular complexity index is 99.6. The van der Waals surface area contributed by atoms with Gasteiger partial charge in [-0.05, 0) is 25.3 Å². The van der Waals surface area contributed by atoms with Crippen LogP contribution in [0.5, 0.6) is 0 Å². The predicted molar refractivity (Wildman–Crippen MR) is 54.3 cm³/mol. The zero-order valence-corrected chi connectivity index (χ0v) is 8.60. The highest BCUT2D eigenvalue weighted by atomic mass is 14.9. The molecule has 0 aromatic rings. The molecule has 0 aromatic heterocycles. The van der Waals surface area contributed by atoms with Gasteiger partial charge in [0, 0.05) is 6.04 Å². The molecule has 0 aliphatic carbocycles. The van der Waals surface area contributed by atoms with Crippen molar-refractivity contribution in [2.45, 2.75) is 58.4 Å². The Balaban J connectivity index is 2.35. The van der Waals surface area contributed by atoms with Gasteiger partial charge in [0.1, 0.15) is 0 Å². The Kier molecular flexibility index (Phi) is 4.67. The van der Waals surface area contributed by atoms with Crippen molar-refractivity contribution in [2.75, 3.05) is 6.54 Å². The molecule has 0 amide bonds. The van der Waals surface area contributed by atoms with E-state index < -0.39 is 0 Å². The minimum absolute atomic E-state index is 0.822. The summed E-state index contributed by atoms with van der Waals surface area (Å²) >= 11 is 0. The van der Waals surface area contributed by atoms with Crippen LogP contribution >= 0.6 is 0 Å². The second-order valence-corrected chi connectivity index (χ2v) is 3.99. The lowest BCUT2D eigenvalue weighted by molar-refractivity contribution is 0.329. The van der Waals surface area contributed by atoms with Crippen molar-refractivity contribution in [3.8, 4) is 0 Å². The van der Waals surface area contributed by atoms with Gasteiger partial charge in [0.05, 0.1) is 0 Å². The number of nitrogens with one attached hydrogen (secondary N) is 1. The SMILES string of the molecule is CCC(CC)[C@@H]1CCCCCN1. The minimum atomic E-state index is 0.822. The molecule has 1 fully saturated rings. The molecule has 1 atom stereocenters. The fourth-order valence-electron chi connectivity index (χ4n) is 2.32. The van der Waals surface area contributed by atoms with E-state index in [1.807, 2.05) is 0 Å². The van der Waals surface area contributed by atoms with Gasteiger partial charge in [0.15, 0.2) is 0 Å². The van der Waals surface area contributed by atoms with Gasteiger partial charge in [0.25, 0.3) is 0 Å². The Morgan fingerprint density at radius 1 is 1.17 bits per heavy atom. The molecule has 0 bridgehead atoms. The van der Waals surface area contributed by atoms with Crippen LogP contribution in [0.15, 0.2) is 0 Å². The van der Waals surface area contributed by atoms with Gasteiger partial charge in [0.2, 0.25) is 0 Å². The van der Waals surface area contributed by atoms with Gasteiger partial charge in [-0.25, -0.2) is 0 Å². The predicted octanol–water partition coefficient (Wildman–Crippen LogP) is 2.95. The first-order chi connectivity index (χ1) is 5.88. The van der Waals surface area contributed by atoms with Crippen LogP contribution in [-0.2, 0) is 0 Å². The van der Waals surface area contributed by atoms with Crippen molar-refractivity contribution in [3.05, 3.63) is 0 Å². The molecule has 12 heavy (non-hydrogen) atoms. The maximum Gasteiger partial charge on any atom is 0.00951 e. The van der Waals surface area contributed by atoms with E-state index in [0.29, 0.717) is 0 Å². The molecule has 1 aliphatic heterocycles. The molecule has 0 radical (unpaired) electrons. The standard InChI is InChI=1S/C11H23N/c1-3-10(4-2)11-8-6-5-7-9-12-11/h10-12H,3-9H2,1-2H3/t11-/m0/s1. The molecule has 1 aliphatic rings. The van der Waals surface area contributed by atoms with E-state index in [0.717, 1.165) is 12.0 Å². The lowest BCUT2D eigenvalue weighted by Crippen LogP contribution is -2.34. The summed E-state index contributed by atoms with van der Waals surface area (Å²) in [6, 6.07) is 0.822. The molecule has 0 saturated carbocycles. The molecular weight excluding hydrogens is 146 g/mol. The molecule has 0 unspecified atom stereocenters. The molecular formula is C11H23N. The van der Waals surface area contributed by atoms with Crippen molar-refractivity contribution in [1.29, 1.82) is 0 Å². The van der Waals surface area contributed by atoms with E-state index in [1.54, 1.807) is 0 Å². The molecule has 1 saturated heterocycles. The van der Waals surface area contributed by atoms with Crippen molar-refractivity contribution in [2.24, 2.45) is 5.92 Å². The zero-order chi connectivity index (χ0) is 8.81. The monoisotopic (exact) mass is 169 g/mol. The molecule has 1 N–H and O–H groups in total. The van der Waals surface area contributed by atoms with Crippen molar-refractivity contribution in [1.82, 2.24) is 5.32 Å². The third kappa shape index (κ3) is 2.78. The first-order valence-electron chi connectivity index (χ1n) is 5.61. The van der Waals surface area contributed by atoms with Crippen molar-refractivity contribution < 1.29 is 0 Å². The third-order valence-corrected chi connectivity index (χ3v) is 3.22. The summed E-state index contributed by atoms with van der Waals surface area (Å²) in [5.41, 5.74) is 0. The number of hydrogen-bond acceptors (Lipinski definition) is 1. The van der Waals surface area contributed by atoms with Crippen LogP contribution in [0, 0.1) is 5.92 Å². The Morgan fingerprint density at radius 3 is 2.58 bits per heavy atom. The maximum atomic E-state index is 3.68. The van der Waals surface area contributed by atoms with Gasteiger partial charge >= 0.3 is 0 Å². The highest BCUT2D eigenvalue weighted by Crippen LogP contribution is 2.20. The largest absolute Gasteiger partial charge is 0.314 e. The average molecular weight is 169 g/mol. The highest BCUT2D eigenvalue weighted by molar-refractivity contribution is 4.76. The van der Waals surface area contributed by atoms with E-state index >= 15 is 0 Å². The second kappa shape index (κ2) is 5.58. The first kappa shape index (κ1) is 10.0. The molecule has 72 valence electrons. The fraction of sp³-hybridized carbons (Fsp3) is 1.00. The topological polar surface area (TPSA) is 12.0 Å². The molecule has 1 heterocycles. The first-order valence-corrected chi connectivity index (χ1v) is 5.61. The van der Waals surface area contributed by atoms with E-state index in [1.165, 1.54) is 45.1 Å². The van der Waals surface area contributed by atoms with Gasteiger partial charge in [-0.3, -0.25) is 0 Å². The smallest absolute Gasteiger partial charge is 0.00951 e. The Hall–Kier alpha value is -0.0400. The summed E-state index contributed by atoms with van der Waals surface area (Å²) < 4.78 is 0. The summed E-state index contributed by atoms with van der Waals surface area (Å²) in [7, 11) is 0. The lowest BCUT2D eigenvalue weighted by Gasteiger charge is -2.24. The van der Waals surface area contributed by atoms with Crippen LogP contribution in [0.25, 0.3) is 0 Å². The van der Waals surface area contributed by atoms with E-state index in [9.17, 15) is 0 Å². The summed E-state index contributed by atoms with van der Waals surface area (Å²) in [5.74, 6) is 0.920. The van der Waals surface area contributed by atoms with Crippen LogP contribution in [0.3, 0.4) is 0 Å². The van der Waals surface area contributed by atoms with E-state index in [2.05, 4.69) is 19.2 Å². The second-order valence-electron chi connectivity index (χ2n) is 3.99. The molecule has 0 spiro atoms. The Morgan fingerprint density at radius 2 is 1.92 bits per heavy atom. The third-order valence-electron chi connectivity index (χ3n) is 3.22. The summed E-state index contributed by atoms with van der Waals surface area (Å²) in [6.07, 6.45) is 8.35. The maximum absolute atomic E-state index is 3.68. The van der Waals surface area contributed by atoms with E-state index in [4.69, 9.17) is 0 Å². The van der Waals surface area contributed by atoms with Gasteiger partial charge in [-0.15, -0.1) is 0 Å². The quantitative estimate of drug-likeness (QED) is 0.685. The van der Waals surface area contributed by atoms with Crippen LogP contribution in [0.2, 0.25) is 0 Å². The average Bonchev–Trinajstić information content (AvgIpc) is 2.35. The van der Waals surface area contributed by atoms with Crippen LogP contribution < -0.4 is 5.32 Å². The van der Waals surface area contributed by atoms with Gasteiger partial charge < -0.3 is 5.32 Å². The Labute approximate surface area is 76.9 Å². The lowest BCUT2D eigenvalue weighted by atomic mass is 9.91. The minimum Gasteiger partial charge on any atom is -0.314 e. The van der Waals surface area contributed by atoms with Crippen LogP contribution in [-0.4, -0.2) is 12.6 Å². The van der Waals surface area contributed by atoms with Crippen molar-refractivity contribution in [3.63, 3.8) is 0 Å². The van der Waals surface area contributed by atoms with Gasteiger partial charge in [-0.1, -0.05) is 39.5 Å². The molecule has 1 rings (SSSR count). The summed E-state index contributed by atoms with van der Waals surface area (Å²) in [5, 5.41) is 3.68. The summed E-state index contributed by atoms with van der Waals surface area (Å²) in [6.45, 7) is 5.89. The highest BCUT2D eigenvalue weighted by Gasteiger charge is 2.18. The molecule has 1 nitrogen and oxygen atoms in total. The number of rotatable bonds is 3. The van der Waals surface area contributed by atoms with Crippen molar-refractivity contribution >= 4 is 0 Å². The molecule has 1 heteroatoms.